The molecule has 0 aromatic heterocycles. The molecule has 0 aliphatic rings. The number of hydrogen-bond donors (Lipinski definition) is 0. The number of alkyl halides is 16. The topological polar surface area (TPSA) is 27.7 Å². The molecule has 220 valence electrons. The molecule has 0 radical (unpaired) electrons. The van der Waals surface area contributed by atoms with Gasteiger partial charge in [0.15, 0.2) is 27.1 Å². The van der Waals surface area contributed by atoms with Crippen molar-refractivity contribution >= 4 is 0 Å². The highest BCUT2D eigenvalue weighted by molar-refractivity contribution is 4.71. The average Bonchev–Trinajstić information content (AvgIpc) is 2.72. The molecule has 0 aromatic carbocycles. The van der Waals surface area contributed by atoms with Crippen LogP contribution in [0.4, 0.5) is 70.2 Å². The van der Waals surface area contributed by atoms with Gasteiger partial charge in [0.2, 0.25) is 0 Å². The predicted octanol–water partition coefficient (Wildman–Crippen LogP) is 8.19. The molecule has 0 unspecified atom stereocenters. The second-order valence-electron chi connectivity index (χ2n) is 3.47. The molecule has 0 aliphatic heterocycles. The summed E-state index contributed by atoms with van der Waals surface area (Å²) in [6.45, 7) is -6.69. The molecular weight excluding hydrogens is 532 g/mol. The zero-order valence-electron chi connectivity index (χ0n) is 16.8. The van der Waals surface area contributed by atoms with E-state index in [1.165, 1.54) is 6.92 Å². The highest BCUT2D eigenvalue weighted by Crippen LogP contribution is 2.43. The third-order valence-electron chi connectivity index (χ3n) is 1.36. The van der Waals surface area contributed by atoms with Crippen molar-refractivity contribution in [3.05, 3.63) is 0 Å². The third-order valence-corrected chi connectivity index (χ3v) is 1.36. The van der Waals surface area contributed by atoms with E-state index in [0.717, 1.165) is 0 Å². The van der Waals surface area contributed by atoms with Crippen LogP contribution in [0.3, 0.4) is 0 Å². The van der Waals surface area contributed by atoms with Gasteiger partial charge >= 0.3 is 24.4 Å². The van der Waals surface area contributed by atoms with Crippen LogP contribution in [0.15, 0.2) is 0 Å². The smallest absolute Gasteiger partial charge is 0.319 e. The van der Waals surface area contributed by atoms with E-state index in [9.17, 15) is 70.2 Å². The minimum Gasteiger partial charge on any atom is -0.319 e. The minimum atomic E-state index is -6.30. The summed E-state index contributed by atoms with van der Waals surface area (Å²) in [5, 5.41) is 0. The maximum absolute atomic E-state index is 12.4. The largest absolute Gasteiger partial charge is 0.453 e. The van der Waals surface area contributed by atoms with E-state index in [0.29, 0.717) is 21.5 Å². The van der Waals surface area contributed by atoms with Crippen LogP contribution in [0.5, 0.6) is 0 Å². The van der Waals surface area contributed by atoms with Crippen molar-refractivity contribution in [2.24, 2.45) is 0 Å². The van der Waals surface area contributed by atoms with E-state index in [1.807, 2.05) is 0 Å². The van der Waals surface area contributed by atoms with Crippen LogP contribution in [0.1, 0.15) is 21.8 Å². The molecule has 0 heterocycles. The first-order chi connectivity index (χ1) is 14.6. The Kier molecular flexibility index (Phi) is 50.4. The van der Waals surface area contributed by atoms with Crippen molar-refractivity contribution in [2.75, 3.05) is 55.3 Å². The van der Waals surface area contributed by atoms with Gasteiger partial charge in [-0.15, -0.1) is 0 Å². The first-order valence-electron chi connectivity index (χ1n) is 7.04. The molecule has 0 rings (SSSR count). The first kappa shape index (κ1) is 53.9. The molecule has 0 aromatic rings. The second-order valence-corrected chi connectivity index (χ2v) is 3.47. The van der Waals surface area contributed by atoms with Gasteiger partial charge in [-0.1, -0.05) is 14.9 Å². The van der Waals surface area contributed by atoms with Crippen molar-refractivity contribution in [1.82, 2.24) is 0 Å². The summed E-state index contributed by atoms with van der Waals surface area (Å²) in [6, 6.07) is 0. The fourth-order valence-corrected chi connectivity index (χ4v) is 0.578. The highest BCUT2D eigenvalue weighted by Gasteiger charge is 2.67. The van der Waals surface area contributed by atoms with Crippen molar-refractivity contribution in [1.29, 1.82) is 0 Å². The Bertz CT molecular complexity index is 320. The van der Waals surface area contributed by atoms with E-state index in [4.69, 9.17) is 0 Å². The molecule has 0 atom stereocenters. The monoisotopic (exact) mass is 562 g/mol. The predicted molar refractivity (Wildman–Crippen MR) is 93.2 cm³/mol. The first-order valence-corrected chi connectivity index (χ1v) is 7.04. The number of rotatable bonds is 9. The van der Waals surface area contributed by atoms with Crippen molar-refractivity contribution in [3.63, 3.8) is 0 Å². The molecule has 3 nitrogen and oxygen atoms in total. The van der Waals surface area contributed by atoms with Gasteiger partial charge in [0, 0.05) is 0 Å². The molecule has 0 fully saturated rings. The van der Waals surface area contributed by atoms with Crippen molar-refractivity contribution in [2.45, 2.75) is 46.2 Å². The lowest BCUT2D eigenvalue weighted by Gasteiger charge is -2.29. The summed E-state index contributed by atoms with van der Waals surface area (Å²) in [4.78, 5) is 0. The molecule has 0 spiro atoms. The average molecular weight is 562 g/mol. The van der Waals surface area contributed by atoms with Gasteiger partial charge in [0.1, 0.15) is 0 Å². The summed E-state index contributed by atoms with van der Waals surface area (Å²) < 4.78 is 188. The Morgan fingerprint density at radius 2 is 0.676 bits per heavy atom. The van der Waals surface area contributed by atoms with Crippen LogP contribution in [0, 0.1) is 0 Å². The lowest BCUT2D eigenvalue weighted by molar-refractivity contribution is -0.513. The van der Waals surface area contributed by atoms with E-state index in [1.54, 1.807) is 0 Å². The van der Waals surface area contributed by atoms with Gasteiger partial charge in [-0.2, -0.15) is 35.1 Å². The molecular formula is C15H30F16O3. The van der Waals surface area contributed by atoms with Gasteiger partial charge in [0.25, 0.3) is 0 Å². The van der Waals surface area contributed by atoms with Crippen LogP contribution >= 0.6 is 0 Å². The molecule has 0 bridgehead atoms. The fraction of sp³-hybridized carbons (Fsp3) is 1.00. The summed E-state index contributed by atoms with van der Waals surface area (Å²) in [5.74, 6) is 0. The second kappa shape index (κ2) is 31.8. The van der Waals surface area contributed by atoms with Crippen molar-refractivity contribution < 1.29 is 84.5 Å². The lowest BCUT2D eigenvalue weighted by Crippen LogP contribution is -2.52. The SMILES string of the molecule is C.C.CCF.CF.CF.CF.FCC(F)(F)OC(F)(F)C(F)(F)OC(F)(F)CF.FCOCF. The van der Waals surface area contributed by atoms with E-state index < -0.39 is 51.5 Å². The van der Waals surface area contributed by atoms with E-state index in [-0.39, 0.29) is 21.5 Å². The fourth-order valence-electron chi connectivity index (χ4n) is 0.578. The number of ether oxygens (including phenoxy) is 3. The third kappa shape index (κ3) is 35.4. The quantitative estimate of drug-likeness (QED) is 0.265. The molecule has 0 N–H and O–H groups in total. The Morgan fingerprint density at radius 3 is 0.765 bits per heavy atom. The molecule has 34 heavy (non-hydrogen) atoms. The molecule has 0 aliphatic carbocycles. The maximum atomic E-state index is 12.4. The summed E-state index contributed by atoms with van der Waals surface area (Å²) in [5.41, 5.74) is 0. The van der Waals surface area contributed by atoms with Crippen LogP contribution in [0.25, 0.3) is 0 Å². The zero-order valence-corrected chi connectivity index (χ0v) is 16.8. The maximum Gasteiger partial charge on any atom is 0.453 e. The lowest BCUT2D eigenvalue weighted by atomic mass is 10.5. The molecule has 0 saturated carbocycles. The molecule has 0 saturated heterocycles. The summed E-state index contributed by atoms with van der Waals surface area (Å²) in [6.07, 6.45) is -23.3. The van der Waals surface area contributed by atoms with Crippen LogP contribution in [-0.4, -0.2) is 79.7 Å². The number of halogens is 16. The summed E-state index contributed by atoms with van der Waals surface area (Å²) in [7, 11) is 1.50. The number of hydrogen-bond acceptors (Lipinski definition) is 3. The van der Waals surface area contributed by atoms with Gasteiger partial charge in [-0.05, 0) is 6.92 Å². The van der Waals surface area contributed by atoms with Crippen LogP contribution < -0.4 is 0 Å². The van der Waals surface area contributed by atoms with E-state index in [2.05, 4.69) is 14.2 Å². The highest BCUT2D eigenvalue weighted by atomic mass is 19.3. The summed E-state index contributed by atoms with van der Waals surface area (Å²) >= 11 is 0. The van der Waals surface area contributed by atoms with Gasteiger partial charge in [0.05, 0.1) is 28.2 Å². The van der Waals surface area contributed by atoms with Gasteiger partial charge in [-0.25, -0.2) is 27.0 Å². The Hall–Kier alpha value is -1.24. The standard InChI is InChI=1S/C6H4F10O2.C2H4F2O.C2H5F.3CH3F.2CH4/c7-1-3(9,10)17-5(13,14)6(15,16)18-4(11,12)2-8;3-1-5-2-4;1-2-3;3*1-2;;/h1-2H2;1-2H2;2H2,1H3;3*1H3;2*1H4. The van der Waals surface area contributed by atoms with E-state index >= 15 is 0 Å². The molecule has 0 amide bonds. The van der Waals surface area contributed by atoms with Crippen LogP contribution in [-0.2, 0) is 14.2 Å². The molecule has 19 heteroatoms. The van der Waals surface area contributed by atoms with Gasteiger partial charge in [-0.3, -0.25) is 17.6 Å². The van der Waals surface area contributed by atoms with Crippen molar-refractivity contribution in [3.8, 4) is 0 Å². The Morgan fingerprint density at radius 1 is 0.500 bits per heavy atom. The van der Waals surface area contributed by atoms with Crippen LogP contribution in [0.2, 0.25) is 0 Å². The Labute approximate surface area is 187 Å². The minimum absolute atomic E-state index is 0. The normalized spacial score (nSPS) is 10.2. The zero-order chi connectivity index (χ0) is 27.7. The Balaban J connectivity index is -0.0000000589. The van der Waals surface area contributed by atoms with Gasteiger partial charge < -0.3 is 4.74 Å².